The monoisotopic (exact) mass is 229 g/mol. The van der Waals surface area contributed by atoms with Crippen LogP contribution in [0.15, 0.2) is 36.9 Å². The Morgan fingerprint density at radius 2 is 2.18 bits per heavy atom. The van der Waals surface area contributed by atoms with Crippen molar-refractivity contribution in [2.45, 2.75) is 12.8 Å². The molecule has 3 nitrogen and oxygen atoms in total. The number of carbonyl (C=O) groups is 1. The van der Waals surface area contributed by atoms with Crippen molar-refractivity contribution < 1.29 is 9.90 Å². The molecular weight excluding hydrogens is 214 g/mol. The minimum Gasteiger partial charge on any atom is -0.481 e. The number of carboxylic acid groups (broad SMARTS) is 1. The van der Waals surface area contributed by atoms with Gasteiger partial charge < -0.3 is 9.67 Å². The second-order valence-electron chi connectivity index (χ2n) is 4.06. The van der Waals surface area contributed by atoms with E-state index in [4.69, 9.17) is 5.11 Å². The van der Waals surface area contributed by atoms with Crippen LogP contribution in [-0.4, -0.2) is 15.6 Å². The Hall–Kier alpha value is -2.03. The highest BCUT2D eigenvalue weighted by molar-refractivity contribution is 5.87. The normalized spacial score (nSPS) is 10.6. The first-order chi connectivity index (χ1) is 8.15. The van der Waals surface area contributed by atoms with Gasteiger partial charge in [-0.05, 0) is 18.1 Å². The van der Waals surface area contributed by atoms with Gasteiger partial charge in [0, 0.05) is 23.6 Å². The lowest BCUT2D eigenvalue weighted by Gasteiger charge is -2.03. The fourth-order valence-electron chi connectivity index (χ4n) is 2.27. The molecule has 3 heteroatoms. The zero-order valence-electron chi connectivity index (χ0n) is 9.81. The van der Waals surface area contributed by atoms with Gasteiger partial charge in [0.15, 0.2) is 0 Å². The van der Waals surface area contributed by atoms with Crippen LogP contribution in [0.25, 0.3) is 10.9 Å². The molecule has 0 aliphatic heterocycles. The Balaban J connectivity index is 2.70. The largest absolute Gasteiger partial charge is 0.481 e. The number of fused-ring (bicyclic) bond motifs is 1. The third kappa shape index (κ3) is 1.96. The second kappa shape index (κ2) is 4.45. The smallest absolute Gasteiger partial charge is 0.309 e. The average molecular weight is 229 g/mol. The number of nitrogens with zero attached hydrogens (tertiary/aromatic N) is 1. The van der Waals surface area contributed by atoms with Crippen molar-refractivity contribution in [1.29, 1.82) is 0 Å². The van der Waals surface area contributed by atoms with Crippen molar-refractivity contribution in [3.8, 4) is 0 Å². The minimum absolute atomic E-state index is 0.0500. The molecule has 88 valence electrons. The van der Waals surface area contributed by atoms with Gasteiger partial charge in [-0.1, -0.05) is 24.3 Å². The molecule has 1 aromatic heterocycles. The molecule has 0 saturated heterocycles. The van der Waals surface area contributed by atoms with E-state index in [1.54, 1.807) is 0 Å². The van der Waals surface area contributed by atoms with Crippen LogP contribution in [0.1, 0.15) is 11.3 Å². The zero-order valence-corrected chi connectivity index (χ0v) is 9.81. The number of rotatable bonds is 4. The van der Waals surface area contributed by atoms with E-state index in [1.807, 2.05) is 42.0 Å². The third-order valence-electron chi connectivity index (χ3n) is 3.01. The van der Waals surface area contributed by atoms with E-state index in [0.717, 1.165) is 22.2 Å². The molecule has 0 saturated carbocycles. The minimum atomic E-state index is -0.804. The summed E-state index contributed by atoms with van der Waals surface area (Å²) in [6, 6.07) is 7.97. The number of aryl methyl sites for hydroxylation is 1. The first-order valence-corrected chi connectivity index (χ1v) is 5.53. The first kappa shape index (κ1) is 11.5. The Bertz CT molecular complexity index is 581. The van der Waals surface area contributed by atoms with Gasteiger partial charge in [-0.3, -0.25) is 4.79 Å². The molecule has 0 radical (unpaired) electrons. The van der Waals surface area contributed by atoms with Crippen LogP contribution < -0.4 is 0 Å². The third-order valence-corrected chi connectivity index (χ3v) is 3.01. The lowest BCUT2D eigenvalue weighted by Crippen LogP contribution is -2.07. The molecule has 0 fully saturated rings. The SMILES string of the molecule is C=CCc1c(CC(=O)O)n(C)c2ccccc12. The van der Waals surface area contributed by atoms with E-state index in [2.05, 4.69) is 6.58 Å². The van der Waals surface area contributed by atoms with E-state index in [0.29, 0.717) is 6.42 Å². The average Bonchev–Trinajstić information content (AvgIpc) is 2.55. The fourth-order valence-corrected chi connectivity index (χ4v) is 2.27. The standard InChI is InChI=1S/C14H15NO2/c1-3-6-10-11-7-4-5-8-12(11)15(2)13(10)9-14(16)17/h3-5,7-8H,1,6,9H2,2H3,(H,16,17). The number of benzene rings is 1. The first-order valence-electron chi connectivity index (χ1n) is 5.53. The molecule has 0 aliphatic carbocycles. The molecule has 0 unspecified atom stereocenters. The molecule has 1 aromatic carbocycles. The van der Waals surface area contributed by atoms with Crippen molar-refractivity contribution >= 4 is 16.9 Å². The van der Waals surface area contributed by atoms with Gasteiger partial charge >= 0.3 is 5.97 Å². The molecule has 0 aliphatic rings. The maximum Gasteiger partial charge on any atom is 0.309 e. The summed E-state index contributed by atoms with van der Waals surface area (Å²) in [4.78, 5) is 10.9. The van der Waals surface area contributed by atoms with Crippen molar-refractivity contribution in [3.05, 3.63) is 48.2 Å². The van der Waals surface area contributed by atoms with E-state index >= 15 is 0 Å². The van der Waals surface area contributed by atoms with Crippen molar-refractivity contribution in [3.63, 3.8) is 0 Å². The summed E-state index contributed by atoms with van der Waals surface area (Å²) in [6.07, 6.45) is 2.56. The molecule has 0 amide bonds. The molecule has 1 heterocycles. The van der Waals surface area contributed by atoms with E-state index in [9.17, 15) is 4.79 Å². The molecule has 2 rings (SSSR count). The maximum atomic E-state index is 10.9. The highest BCUT2D eigenvalue weighted by Gasteiger charge is 2.15. The lowest BCUT2D eigenvalue weighted by molar-refractivity contribution is -0.136. The summed E-state index contributed by atoms with van der Waals surface area (Å²) in [7, 11) is 1.91. The van der Waals surface area contributed by atoms with Crippen LogP contribution in [-0.2, 0) is 24.7 Å². The van der Waals surface area contributed by atoms with E-state index in [1.165, 1.54) is 0 Å². The van der Waals surface area contributed by atoms with E-state index in [-0.39, 0.29) is 6.42 Å². The van der Waals surface area contributed by atoms with Gasteiger partial charge in [-0.2, -0.15) is 0 Å². The van der Waals surface area contributed by atoms with Gasteiger partial charge in [0.1, 0.15) is 0 Å². The molecule has 0 spiro atoms. The maximum absolute atomic E-state index is 10.9. The topological polar surface area (TPSA) is 42.2 Å². The van der Waals surface area contributed by atoms with Gasteiger partial charge in [0.05, 0.1) is 6.42 Å². The van der Waals surface area contributed by atoms with E-state index < -0.39 is 5.97 Å². The van der Waals surface area contributed by atoms with Crippen LogP contribution >= 0.6 is 0 Å². The Labute approximate surface area is 100.0 Å². The van der Waals surface area contributed by atoms with Crippen LogP contribution in [0.2, 0.25) is 0 Å². The number of aromatic nitrogens is 1. The number of hydrogen-bond acceptors (Lipinski definition) is 1. The fraction of sp³-hybridized carbons (Fsp3) is 0.214. The quantitative estimate of drug-likeness (QED) is 0.818. The molecule has 17 heavy (non-hydrogen) atoms. The van der Waals surface area contributed by atoms with Crippen LogP contribution in [0.5, 0.6) is 0 Å². The Kier molecular flexibility index (Phi) is 3.00. The predicted octanol–water partition coefficient (Wildman–Crippen LogP) is 2.53. The summed E-state index contributed by atoms with van der Waals surface area (Å²) >= 11 is 0. The highest BCUT2D eigenvalue weighted by Crippen LogP contribution is 2.26. The number of para-hydroxylation sites is 1. The lowest BCUT2D eigenvalue weighted by atomic mass is 10.1. The summed E-state index contributed by atoms with van der Waals surface area (Å²) in [5.41, 5.74) is 3.00. The van der Waals surface area contributed by atoms with Gasteiger partial charge in [-0.15, -0.1) is 6.58 Å². The van der Waals surface area contributed by atoms with Crippen molar-refractivity contribution in [2.24, 2.45) is 7.05 Å². The van der Waals surface area contributed by atoms with Crippen LogP contribution in [0, 0.1) is 0 Å². The van der Waals surface area contributed by atoms with Gasteiger partial charge in [0.2, 0.25) is 0 Å². The highest BCUT2D eigenvalue weighted by atomic mass is 16.4. The Morgan fingerprint density at radius 3 is 2.82 bits per heavy atom. The summed E-state index contributed by atoms with van der Waals surface area (Å²) in [6.45, 7) is 3.74. The van der Waals surface area contributed by atoms with Crippen molar-refractivity contribution in [1.82, 2.24) is 4.57 Å². The number of carboxylic acids is 1. The van der Waals surface area contributed by atoms with Gasteiger partial charge in [-0.25, -0.2) is 0 Å². The number of hydrogen-bond donors (Lipinski definition) is 1. The number of allylic oxidation sites excluding steroid dienone is 1. The molecule has 0 atom stereocenters. The molecular formula is C14H15NO2. The molecule has 1 N–H and O–H groups in total. The predicted molar refractivity (Wildman–Crippen MR) is 68.2 cm³/mol. The van der Waals surface area contributed by atoms with Crippen molar-refractivity contribution in [2.75, 3.05) is 0 Å². The summed E-state index contributed by atoms with van der Waals surface area (Å²) in [5, 5.41) is 10.1. The van der Waals surface area contributed by atoms with Crippen LogP contribution in [0.3, 0.4) is 0 Å². The molecule has 2 aromatic rings. The summed E-state index contributed by atoms with van der Waals surface area (Å²) < 4.78 is 1.96. The Morgan fingerprint density at radius 1 is 1.47 bits per heavy atom. The van der Waals surface area contributed by atoms with Gasteiger partial charge in [0.25, 0.3) is 0 Å². The number of aliphatic carboxylic acids is 1. The zero-order chi connectivity index (χ0) is 12.4. The molecule has 0 bridgehead atoms. The summed E-state index contributed by atoms with van der Waals surface area (Å²) in [5.74, 6) is -0.804. The second-order valence-corrected chi connectivity index (χ2v) is 4.06. The van der Waals surface area contributed by atoms with Crippen LogP contribution in [0.4, 0.5) is 0 Å².